The maximum atomic E-state index is 4.31. The molecule has 0 amide bonds. The maximum absolute atomic E-state index is 4.31. The molecular formula is C24H30Cl2N4. The van der Waals surface area contributed by atoms with Gasteiger partial charge in [-0.05, 0) is 54.6 Å². The monoisotopic (exact) mass is 444 g/mol. The summed E-state index contributed by atoms with van der Waals surface area (Å²) in [6.45, 7) is 5.80. The van der Waals surface area contributed by atoms with E-state index in [0.29, 0.717) is 5.41 Å². The van der Waals surface area contributed by atoms with Crippen LogP contribution in [0.25, 0.3) is 5.69 Å². The van der Waals surface area contributed by atoms with Crippen LogP contribution >= 0.6 is 24.8 Å². The Balaban J connectivity index is 0.00000128. The highest BCUT2D eigenvalue weighted by atomic mass is 35.5. The van der Waals surface area contributed by atoms with Crippen molar-refractivity contribution in [3.63, 3.8) is 0 Å². The summed E-state index contributed by atoms with van der Waals surface area (Å²) < 4.78 is 1.91. The van der Waals surface area contributed by atoms with Crippen molar-refractivity contribution in [1.82, 2.24) is 20.0 Å². The smallest absolute Gasteiger partial charge is 0.0645 e. The molecule has 6 heteroatoms. The topological polar surface area (TPSA) is 33.1 Å². The number of nitrogens with one attached hydrogen (secondary N) is 1. The lowest BCUT2D eigenvalue weighted by atomic mass is 9.76. The van der Waals surface area contributed by atoms with E-state index in [0.717, 1.165) is 18.2 Å². The van der Waals surface area contributed by atoms with Crippen molar-refractivity contribution < 1.29 is 0 Å². The van der Waals surface area contributed by atoms with Gasteiger partial charge in [-0.1, -0.05) is 42.5 Å². The Hall–Kier alpha value is -1.85. The normalized spacial score (nSPS) is 22.9. The van der Waals surface area contributed by atoms with Gasteiger partial charge in [-0.2, -0.15) is 5.10 Å². The second-order valence-corrected chi connectivity index (χ2v) is 8.46. The quantitative estimate of drug-likeness (QED) is 0.612. The summed E-state index contributed by atoms with van der Waals surface area (Å²) >= 11 is 0. The number of hydrogen-bond acceptors (Lipinski definition) is 3. The van der Waals surface area contributed by atoms with E-state index in [4.69, 9.17) is 0 Å². The fourth-order valence-corrected chi connectivity index (χ4v) is 5.08. The zero-order valence-corrected chi connectivity index (χ0v) is 18.7. The van der Waals surface area contributed by atoms with Crippen LogP contribution in [-0.4, -0.2) is 40.9 Å². The minimum Gasteiger partial charge on any atom is -0.316 e. The summed E-state index contributed by atoms with van der Waals surface area (Å²) in [5.74, 6) is 0.777. The summed E-state index contributed by atoms with van der Waals surface area (Å²) in [6.07, 6.45) is 6.27. The minimum absolute atomic E-state index is 0. The molecule has 3 heterocycles. The van der Waals surface area contributed by atoms with Crippen molar-refractivity contribution in [1.29, 1.82) is 0 Å². The number of aromatic nitrogens is 2. The molecule has 0 spiro atoms. The van der Waals surface area contributed by atoms with Crippen molar-refractivity contribution in [2.24, 2.45) is 11.3 Å². The van der Waals surface area contributed by atoms with Gasteiger partial charge < -0.3 is 5.32 Å². The minimum atomic E-state index is 0. The third-order valence-electron chi connectivity index (χ3n) is 6.62. The average molecular weight is 445 g/mol. The molecule has 0 aliphatic carbocycles. The Morgan fingerprint density at radius 2 is 1.77 bits per heavy atom. The maximum Gasteiger partial charge on any atom is 0.0645 e. The van der Waals surface area contributed by atoms with Crippen molar-refractivity contribution in [3.05, 3.63) is 84.2 Å². The first-order chi connectivity index (χ1) is 13.8. The van der Waals surface area contributed by atoms with E-state index >= 15 is 0 Å². The molecule has 0 saturated carbocycles. The van der Waals surface area contributed by atoms with Gasteiger partial charge in [0.1, 0.15) is 0 Å². The summed E-state index contributed by atoms with van der Waals surface area (Å²) in [4.78, 5) is 2.67. The fourth-order valence-electron chi connectivity index (χ4n) is 5.08. The molecule has 2 fully saturated rings. The van der Waals surface area contributed by atoms with Crippen LogP contribution in [0.4, 0.5) is 0 Å². The zero-order chi connectivity index (χ0) is 18.8. The van der Waals surface area contributed by atoms with Gasteiger partial charge in [0.2, 0.25) is 0 Å². The van der Waals surface area contributed by atoms with Gasteiger partial charge in [-0.25, -0.2) is 4.68 Å². The lowest BCUT2D eigenvalue weighted by molar-refractivity contribution is 0.237. The first kappa shape index (κ1) is 22.8. The zero-order valence-electron chi connectivity index (χ0n) is 17.1. The van der Waals surface area contributed by atoms with E-state index in [1.165, 1.54) is 50.1 Å². The van der Waals surface area contributed by atoms with E-state index in [9.17, 15) is 0 Å². The number of nitrogens with zero attached hydrogens (tertiary/aromatic N) is 3. The number of halogens is 2. The number of aryl methyl sites for hydroxylation is 1. The average Bonchev–Trinajstić information content (AvgIpc) is 3.44. The molecule has 160 valence electrons. The molecule has 0 bridgehead atoms. The molecule has 30 heavy (non-hydrogen) atoms. The Morgan fingerprint density at radius 1 is 0.967 bits per heavy atom. The molecule has 2 atom stereocenters. The van der Waals surface area contributed by atoms with Crippen LogP contribution in [0.5, 0.6) is 0 Å². The third-order valence-corrected chi connectivity index (χ3v) is 6.62. The van der Waals surface area contributed by atoms with Gasteiger partial charge in [0.15, 0.2) is 0 Å². The third kappa shape index (κ3) is 4.73. The molecule has 2 aromatic carbocycles. The summed E-state index contributed by atoms with van der Waals surface area (Å²) in [7, 11) is 0. The Morgan fingerprint density at radius 3 is 2.50 bits per heavy atom. The molecular weight excluding hydrogens is 415 g/mol. The van der Waals surface area contributed by atoms with E-state index in [2.05, 4.69) is 69.9 Å². The highest BCUT2D eigenvalue weighted by molar-refractivity contribution is 5.85. The van der Waals surface area contributed by atoms with Crippen LogP contribution in [0.1, 0.15) is 17.5 Å². The number of rotatable bonds is 6. The fraction of sp³-hybridized carbons (Fsp3) is 0.375. The Bertz CT molecular complexity index is 899. The predicted octanol–water partition coefficient (Wildman–Crippen LogP) is 4.37. The van der Waals surface area contributed by atoms with Crippen LogP contribution in [-0.2, 0) is 13.0 Å². The van der Waals surface area contributed by atoms with E-state index in [1.807, 2.05) is 23.1 Å². The van der Waals surface area contributed by atoms with Gasteiger partial charge >= 0.3 is 0 Å². The number of benzene rings is 2. The largest absolute Gasteiger partial charge is 0.316 e. The van der Waals surface area contributed by atoms with Gasteiger partial charge in [-0.15, -0.1) is 24.8 Å². The molecule has 2 aliphatic rings. The summed E-state index contributed by atoms with van der Waals surface area (Å²) in [5.41, 5.74) is 4.41. The van der Waals surface area contributed by atoms with Crippen molar-refractivity contribution in [2.45, 2.75) is 19.4 Å². The molecule has 2 saturated heterocycles. The van der Waals surface area contributed by atoms with Crippen LogP contribution in [0, 0.1) is 11.3 Å². The molecule has 2 aliphatic heterocycles. The van der Waals surface area contributed by atoms with Crippen molar-refractivity contribution >= 4 is 24.8 Å². The van der Waals surface area contributed by atoms with Gasteiger partial charge in [0, 0.05) is 44.0 Å². The predicted molar refractivity (Wildman–Crippen MR) is 127 cm³/mol. The molecule has 1 aromatic heterocycles. The van der Waals surface area contributed by atoms with Crippen LogP contribution in [0.2, 0.25) is 0 Å². The Kier molecular flexibility index (Phi) is 7.59. The SMILES string of the molecule is Cl.Cl.c1ccc(CCC23CNCC2CN(Cc2ccc(-n4cccn4)cc2)C3)cc1. The first-order valence-corrected chi connectivity index (χ1v) is 10.4. The van der Waals surface area contributed by atoms with E-state index in [1.54, 1.807) is 0 Å². The number of likely N-dealkylation sites (tertiary alicyclic amines) is 1. The van der Waals surface area contributed by atoms with Crippen LogP contribution in [0.15, 0.2) is 73.1 Å². The lowest BCUT2D eigenvalue weighted by Crippen LogP contribution is -2.33. The molecule has 2 unspecified atom stereocenters. The highest BCUT2D eigenvalue weighted by Crippen LogP contribution is 2.43. The number of fused-ring (bicyclic) bond motifs is 1. The molecule has 4 nitrogen and oxygen atoms in total. The summed E-state index contributed by atoms with van der Waals surface area (Å²) in [6, 6.07) is 21.8. The Labute approximate surface area is 191 Å². The van der Waals surface area contributed by atoms with Gasteiger partial charge in [0.25, 0.3) is 0 Å². The second-order valence-electron chi connectivity index (χ2n) is 8.46. The highest BCUT2D eigenvalue weighted by Gasteiger charge is 2.48. The number of hydrogen-bond donors (Lipinski definition) is 1. The standard InChI is InChI=1S/C24H28N4.2ClH/c1-2-5-20(6-3-1)11-12-24-18-25-15-22(24)17-27(19-24)16-21-7-9-23(10-8-21)28-14-4-13-26-28;;/h1-10,13-14,22,25H,11-12,15-19H2;2*1H. The second kappa shape index (κ2) is 9.97. The van der Waals surface area contributed by atoms with Crippen molar-refractivity contribution in [3.8, 4) is 5.69 Å². The molecule has 0 radical (unpaired) electrons. The molecule has 3 aromatic rings. The summed E-state index contributed by atoms with van der Waals surface area (Å²) in [5, 5.41) is 7.98. The molecule has 5 rings (SSSR count). The molecule has 1 N–H and O–H groups in total. The van der Waals surface area contributed by atoms with Gasteiger partial charge in [0.05, 0.1) is 5.69 Å². The van der Waals surface area contributed by atoms with E-state index in [-0.39, 0.29) is 24.8 Å². The van der Waals surface area contributed by atoms with Gasteiger partial charge in [-0.3, -0.25) is 4.90 Å². The van der Waals surface area contributed by atoms with Crippen molar-refractivity contribution in [2.75, 3.05) is 26.2 Å². The van der Waals surface area contributed by atoms with Crippen LogP contribution < -0.4 is 5.32 Å². The first-order valence-electron chi connectivity index (χ1n) is 10.4. The lowest BCUT2D eigenvalue weighted by Gasteiger charge is -2.28. The van der Waals surface area contributed by atoms with Crippen LogP contribution in [0.3, 0.4) is 0 Å². The van der Waals surface area contributed by atoms with E-state index < -0.39 is 0 Å².